The third-order valence-corrected chi connectivity index (χ3v) is 3.42. The molecule has 3 rings (SSSR count). The lowest BCUT2D eigenvalue weighted by molar-refractivity contribution is 0.430. The van der Waals surface area contributed by atoms with Crippen LogP contribution in [0.4, 0.5) is 17.1 Å². The maximum atomic E-state index is 5.44. The lowest BCUT2D eigenvalue weighted by Gasteiger charge is -2.03. The van der Waals surface area contributed by atoms with Crippen molar-refractivity contribution in [2.45, 2.75) is 6.92 Å². The first kappa shape index (κ1) is 17.3. The Bertz CT molecular complexity index is 912. The van der Waals surface area contributed by atoms with Gasteiger partial charge in [-0.25, -0.2) is 0 Å². The molecular formula is C22H19N3O. The zero-order chi connectivity index (χ0) is 18.2. The van der Waals surface area contributed by atoms with Crippen molar-refractivity contribution in [1.82, 2.24) is 0 Å². The zero-order valence-corrected chi connectivity index (χ0v) is 14.5. The van der Waals surface area contributed by atoms with Crippen LogP contribution in [0.25, 0.3) is 0 Å². The van der Waals surface area contributed by atoms with Crippen LogP contribution in [0, 0.1) is 0 Å². The highest BCUT2D eigenvalue weighted by atomic mass is 16.5. The molecule has 0 radical (unpaired) electrons. The molecule has 0 unspecified atom stereocenters. The van der Waals surface area contributed by atoms with E-state index in [9.17, 15) is 0 Å². The molecule has 3 aromatic rings. The summed E-state index contributed by atoms with van der Waals surface area (Å²) in [6, 6.07) is 24.9. The van der Waals surface area contributed by atoms with Crippen molar-refractivity contribution in [3.8, 4) is 5.75 Å². The largest absolute Gasteiger partial charge is 0.463 e. The van der Waals surface area contributed by atoms with Crippen molar-refractivity contribution in [1.29, 1.82) is 0 Å². The summed E-state index contributed by atoms with van der Waals surface area (Å²) in [5.74, 6) is 1.43. The highest BCUT2D eigenvalue weighted by Crippen LogP contribution is 2.21. The van der Waals surface area contributed by atoms with Crippen molar-refractivity contribution in [3.05, 3.63) is 96.8 Å². The minimum atomic E-state index is 0.663. The molecule has 0 amide bonds. The summed E-state index contributed by atoms with van der Waals surface area (Å²) < 4.78 is 5.44. The van der Waals surface area contributed by atoms with Crippen LogP contribution < -0.4 is 4.74 Å². The normalized spacial score (nSPS) is 11.1. The van der Waals surface area contributed by atoms with Gasteiger partial charge >= 0.3 is 0 Å². The number of benzene rings is 3. The maximum absolute atomic E-state index is 5.44. The van der Waals surface area contributed by atoms with Gasteiger partial charge in [-0.05, 0) is 73.2 Å². The van der Waals surface area contributed by atoms with E-state index in [1.165, 1.54) is 0 Å². The van der Waals surface area contributed by atoms with Gasteiger partial charge in [0.05, 0.1) is 22.8 Å². The zero-order valence-electron chi connectivity index (χ0n) is 14.5. The summed E-state index contributed by atoms with van der Waals surface area (Å²) >= 11 is 0. The van der Waals surface area contributed by atoms with E-state index in [1.807, 2.05) is 92.0 Å². The van der Waals surface area contributed by atoms with E-state index in [0.717, 1.165) is 28.4 Å². The van der Waals surface area contributed by atoms with E-state index in [4.69, 9.17) is 4.74 Å². The Kier molecular flexibility index (Phi) is 5.68. The molecule has 4 nitrogen and oxygen atoms in total. The van der Waals surface area contributed by atoms with Crippen LogP contribution in [0.15, 0.2) is 106 Å². The van der Waals surface area contributed by atoms with Gasteiger partial charge < -0.3 is 4.74 Å². The van der Waals surface area contributed by atoms with E-state index >= 15 is 0 Å². The first-order valence-electron chi connectivity index (χ1n) is 8.23. The number of azo groups is 1. The molecule has 0 aliphatic heterocycles. The SMILES string of the molecule is C=C(C)Oc1ccc(C=Nc2ccc(N=Nc3ccccc3)cc2)cc1. The molecule has 4 heteroatoms. The molecule has 3 aromatic carbocycles. The topological polar surface area (TPSA) is 46.3 Å². The van der Waals surface area contributed by atoms with Gasteiger partial charge in [0.2, 0.25) is 0 Å². The highest BCUT2D eigenvalue weighted by molar-refractivity contribution is 5.82. The van der Waals surface area contributed by atoms with Gasteiger partial charge in [0.1, 0.15) is 5.75 Å². The lowest BCUT2D eigenvalue weighted by atomic mass is 10.2. The number of allylic oxidation sites excluding steroid dienone is 1. The van der Waals surface area contributed by atoms with E-state index in [1.54, 1.807) is 0 Å². The fourth-order valence-corrected chi connectivity index (χ4v) is 2.19. The number of nitrogens with zero attached hydrogens (tertiary/aromatic N) is 3. The molecule has 0 bridgehead atoms. The molecule has 0 aromatic heterocycles. The monoisotopic (exact) mass is 341 g/mol. The van der Waals surface area contributed by atoms with E-state index < -0.39 is 0 Å². The second kappa shape index (κ2) is 8.53. The third kappa shape index (κ3) is 5.24. The van der Waals surface area contributed by atoms with Crippen LogP contribution in [-0.4, -0.2) is 6.21 Å². The molecule has 0 aliphatic carbocycles. The number of hydrogen-bond donors (Lipinski definition) is 0. The number of hydrogen-bond acceptors (Lipinski definition) is 4. The average molecular weight is 341 g/mol. The van der Waals surface area contributed by atoms with Gasteiger partial charge in [-0.15, -0.1) is 0 Å². The number of aliphatic imine (C=N–C) groups is 1. The molecule has 0 saturated heterocycles. The summed E-state index contributed by atoms with van der Waals surface area (Å²) in [5.41, 5.74) is 3.46. The summed E-state index contributed by atoms with van der Waals surface area (Å²) in [6.45, 7) is 5.54. The molecule has 0 fully saturated rings. The summed E-state index contributed by atoms with van der Waals surface area (Å²) in [5, 5.41) is 8.42. The Hall–Kier alpha value is -3.53. The molecule has 0 N–H and O–H groups in total. The minimum absolute atomic E-state index is 0.663. The van der Waals surface area contributed by atoms with Gasteiger partial charge in [-0.3, -0.25) is 4.99 Å². The predicted molar refractivity (Wildman–Crippen MR) is 106 cm³/mol. The molecule has 0 heterocycles. The standard InChI is InChI=1S/C22H19N3O/c1-17(2)26-22-14-8-18(9-15-22)16-23-19-10-12-21(13-11-19)25-24-20-6-4-3-5-7-20/h3-16H,1H2,2H3. The molecule has 0 aliphatic rings. The first-order chi connectivity index (χ1) is 12.7. The first-order valence-corrected chi connectivity index (χ1v) is 8.23. The summed E-state index contributed by atoms with van der Waals surface area (Å²) in [7, 11) is 0. The highest BCUT2D eigenvalue weighted by Gasteiger charge is 1.95. The Morgan fingerprint density at radius 1 is 0.769 bits per heavy atom. The van der Waals surface area contributed by atoms with Crippen LogP contribution in [-0.2, 0) is 0 Å². The van der Waals surface area contributed by atoms with E-state index in [2.05, 4.69) is 21.8 Å². The van der Waals surface area contributed by atoms with Gasteiger partial charge in [0, 0.05) is 6.21 Å². The maximum Gasteiger partial charge on any atom is 0.126 e. The molecule has 128 valence electrons. The Balaban J connectivity index is 1.62. The van der Waals surface area contributed by atoms with Crippen molar-refractivity contribution in [2.24, 2.45) is 15.2 Å². The van der Waals surface area contributed by atoms with Gasteiger partial charge in [0.15, 0.2) is 0 Å². The van der Waals surface area contributed by atoms with Crippen LogP contribution in [0.5, 0.6) is 5.75 Å². The van der Waals surface area contributed by atoms with E-state index in [0.29, 0.717) is 5.76 Å². The Morgan fingerprint density at radius 2 is 1.35 bits per heavy atom. The third-order valence-electron chi connectivity index (χ3n) is 3.42. The van der Waals surface area contributed by atoms with E-state index in [-0.39, 0.29) is 0 Å². The lowest BCUT2D eigenvalue weighted by Crippen LogP contribution is -1.88. The summed E-state index contributed by atoms with van der Waals surface area (Å²) in [6.07, 6.45) is 1.81. The van der Waals surface area contributed by atoms with Crippen LogP contribution in [0.2, 0.25) is 0 Å². The van der Waals surface area contributed by atoms with Crippen LogP contribution >= 0.6 is 0 Å². The smallest absolute Gasteiger partial charge is 0.126 e. The second-order valence-electron chi connectivity index (χ2n) is 5.68. The van der Waals surface area contributed by atoms with Gasteiger partial charge in [-0.2, -0.15) is 10.2 Å². The van der Waals surface area contributed by atoms with Gasteiger partial charge in [0.25, 0.3) is 0 Å². The minimum Gasteiger partial charge on any atom is -0.463 e. The number of rotatable bonds is 6. The van der Waals surface area contributed by atoms with Crippen molar-refractivity contribution in [2.75, 3.05) is 0 Å². The van der Waals surface area contributed by atoms with Crippen molar-refractivity contribution in [3.63, 3.8) is 0 Å². The van der Waals surface area contributed by atoms with Crippen molar-refractivity contribution >= 4 is 23.3 Å². The molecular weight excluding hydrogens is 322 g/mol. The molecule has 0 spiro atoms. The summed E-state index contributed by atoms with van der Waals surface area (Å²) in [4.78, 5) is 4.47. The van der Waals surface area contributed by atoms with Crippen LogP contribution in [0.1, 0.15) is 12.5 Å². The fourth-order valence-electron chi connectivity index (χ4n) is 2.19. The van der Waals surface area contributed by atoms with Crippen LogP contribution in [0.3, 0.4) is 0 Å². The second-order valence-corrected chi connectivity index (χ2v) is 5.68. The Labute approximate surface area is 153 Å². The quantitative estimate of drug-likeness (QED) is 0.277. The molecule has 26 heavy (non-hydrogen) atoms. The fraction of sp³-hybridized carbons (Fsp3) is 0.0455. The average Bonchev–Trinajstić information content (AvgIpc) is 2.67. The predicted octanol–water partition coefficient (Wildman–Crippen LogP) is 6.77. The molecule has 0 atom stereocenters. The number of ether oxygens (including phenoxy) is 1. The van der Waals surface area contributed by atoms with Crippen molar-refractivity contribution < 1.29 is 4.74 Å². The van der Waals surface area contributed by atoms with Gasteiger partial charge in [-0.1, -0.05) is 24.8 Å². The molecule has 0 saturated carbocycles. The Morgan fingerprint density at radius 3 is 1.96 bits per heavy atom.